The summed E-state index contributed by atoms with van der Waals surface area (Å²) < 4.78 is 0. The van der Waals surface area contributed by atoms with Gasteiger partial charge in [0.25, 0.3) is 5.69 Å². The first-order valence-electron chi connectivity index (χ1n) is 5.86. The van der Waals surface area contributed by atoms with Gasteiger partial charge < -0.3 is 10.4 Å². The molecule has 1 heterocycles. The third-order valence-corrected chi connectivity index (χ3v) is 3.65. The first kappa shape index (κ1) is 14.0. The molecule has 0 amide bonds. The lowest BCUT2D eigenvalue weighted by Crippen LogP contribution is -2.09. The first-order chi connectivity index (χ1) is 9.58. The standard InChI is InChI=1S/C13H12N2O4S/c16-13(17)11-4-3-9(15(18)19)8-12(11)14-6-5-10-2-1-7-20-10/h1-4,7-8,14H,5-6H2,(H,16,17). The van der Waals surface area contributed by atoms with Gasteiger partial charge in [-0.05, 0) is 23.9 Å². The average Bonchev–Trinajstić information content (AvgIpc) is 2.91. The molecule has 0 radical (unpaired) electrons. The zero-order valence-electron chi connectivity index (χ0n) is 10.4. The van der Waals surface area contributed by atoms with Gasteiger partial charge in [0, 0.05) is 23.6 Å². The lowest BCUT2D eigenvalue weighted by Gasteiger charge is -2.08. The van der Waals surface area contributed by atoms with E-state index in [2.05, 4.69) is 5.32 Å². The van der Waals surface area contributed by atoms with Crippen LogP contribution in [0.1, 0.15) is 15.2 Å². The number of aromatic carboxylic acids is 1. The number of rotatable bonds is 6. The van der Waals surface area contributed by atoms with Crippen LogP contribution in [0.4, 0.5) is 11.4 Å². The van der Waals surface area contributed by atoms with Crippen LogP contribution in [0.15, 0.2) is 35.7 Å². The molecule has 7 heteroatoms. The predicted octanol–water partition coefficient (Wildman–Crippen LogP) is 3.01. The van der Waals surface area contributed by atoms with Gasteiger partial charge in [-0.25, -0.2) is 4.79 Å². The fourth-order valence-corrected chi connectivity index (χ4v) is 2.46. The second-order valence-electron chi connectivity index (χ2n) is 4.05. The van der Waals surface area contributed by atoms with E-state index < -0.39 is 10.9 Å². The fourth-order valence-electron chi connectivity index (χ4n) is 1.75. The minimum Gasteiger partial charge on any atom is -0.478 e. The van der Waals surface area contributed by atoms with Crippen LogP contribution in [0.2, 0.25) is 0 Å². The van der Waals surface area contributed by atoms with Crippen molar-refractivity contribution < 1.29 is 14.8 Å². The number of nitro groups is 1. The van der Waals surface area contributed by atoms with E-state index in [4.69, 9.17) is 5.11 Å². The molecule has 0 bridgehead atoms. The van der Waals surface area contributed by atoms with Crippen LogP contribution in [0.3, 0.4) is 0 Å². The number of nitrogens with zero attached hydrogens (tertiary/aromatic N) is 1. The van der Waals surface area contributed by atoms with E-state index in [0.29, 0.717) is 6.54 Å². The number of benzene rings is 1. The van der Waals surface area contributed by atoms with E-state index in [9.17, 15) is 14.9 Å². The molecule has 1 aromatic carbocycles. The summed E-state index contributed by atoms with van der Waals surface area (Å²) >= 11 is 1.61. The summed E-state index contributed by atoms with van der Waals surface area (Å²) in [6, 6.07) is 7.60. The molecule has 0 saturated carbocycles. The fraction of sp³-hybridized carbons (Fsp3) is 0.154. The van der Waals surface area contributed by atoms with Crippen LogP contribution in [-0.4, -0.2) is 22.5 Å². The number of anilines is 1. The molecular formula is C13H12N2O4S. The van der Waals surface area contributed by atoms with Crippen molar-refractivity contribution in [2.24, 2.45) is 0 Å². The van der Waals surface area contributed by atoms with E-state index in [-0.39, 0.29) is 16.9 Å². The highest BCUT2D eigenvalue weighted by atomic mass is 32.1. The SMILES string of the molecule is O=C(O)c1ccc([N+](=O)[O-])cc1NCCc1cccs1. The number of carboxylic acids is 1. The smallest absolute Gasteiger partial charge is 0.337 e. The van der Waals surface area contributed by atoms with Crippen LogP contribution < -0.4 is 5.32 Å². The number of carboxylic acid groups (broad SMARTS) is 1. The Morgan fingerprint density at radius 2 is 2.20 bits per heavy atom. The minimum absolute atomic E-state index is 0.0294. The molecule has 0 unspecified atom stereocenters. The Kier molecular flexibility index (Phi) is 4.31. The summed E-state index contributed by atoms with van der Waals surface area (Å²) in [5.41, 5.74) is 0.165. The number of hydrogen-bond acceptors (Lipinski definition) is 5. The Labute approximate surface area is 118 Å². The maximum absolute atomic E-state index is 11.1. The molecule has 2 rings (SSSR count). The molecule has 2 N–H and O–H groups in total. The summed E-state index contributed by atoms with van der Waals surface area (Å²) in [5.74, 6) is -1.11. The molecule has 0 aliphatic heterocycles. The highest BCUT2D eigenvalue weighted by molar-refractivity contribution is 7.09. The largest absolute Gasteiger partial charge is 0.478 e. The van der Waals surface area contributed by atoms with Gasteiger partial charge in [-0.3, -0.25) is 10.1 Å². The second-order valence-corrected chi connectivity index (χ2v) is 5.08. The van der Waals surface area contributed by atoms with Crippen LogP contribution in [-0.2, 0) is 6.42 Å². The van der Waals surface area contributed by atoms with Crippen molar-refractivity contribution in [3.8, 4) is 0 Å². The Morgan fingerprint density at radius 3 is 2.80 bits per heavy atom. The van der Waals surface area contributed by atoms with Crippen molar-refractivity contribution in [1.29, 1.82) is 0 Å². The summed E-state index contributed by atoms with van der Waals surface area (Å²) in [6.07, 6.45) is 0.736. The Balaban J connectivity index is 2.13. The van der Waals surface area contributed by atoms with Crippen LogP contribution >= 0.6 is 11.3 Å². The lowest BCUT2D eigenvalue weighted by atomic mass is 10.1. The predicted molar refractivity (Wildman–Crippen MR) is 76.6 cm³/mol. The van der Waals surface area contributed by atoms with Gasteiger partial charge >= 0.3 is 5.97 Å². The zero-order chi connectivity index (χ0) is 14.5. The highest BCUT2D eigenvalue weighted by Gasteiger charge is 2.15. The number of hydrogen-bond donors (Lipinski definition) is 2. The summed E-state index contributed by atoms with van der Waals surface area (Å²) in [5, 5.41) is 24.7. The van der Waals surface area contributed by atoms with Gasteiger partial charge in [-0.1, -0.05) is 6.07 Å². The van der Waals surface area contributed by atoms with Gasteiger partial charge in [-0.15, -0.1) is 11.3 Å². The molecule has 0 spiro atoms. The first-order valence-corrected chi connectivity index (χ1v) is 6.74. The third-order valence-electron chi connectivity index (χ3n) is 2.71. The normalized spacial score (nSPS) is 10.2. The lowest BCUT2D eigenvalue weighted by molar-refractivity contribution is -0.384. The van der Waals surface area contributed by atoms with Gasteiger partial charge in [0.1, 0.15) is 0 Å². The number of thiophene rings is 1. The average molecular weight is 292 g/mol. The molecule has 6 nitrogen and oxygen atoms in total. The monoisotopic (exact) mass is 292 g/mol. The Bertz CT molecular complexity index is 625. The molecule has 1 aromatic heterocycles. The van der Waals surface area contributed by atoms with Gasteiger partial charge in [0.2, 0.25) is 0 Å². The molecule has 2 aromatic rings. The molecule has 0 saturated heterocycles. The van der Waals surface area contributed by atoms with Crippen LogP contribution in [0.5, 0.6) is 0 Å². The number of non-ortho nitro benzene ring substituents is 1. The van der Waals surface area contributed by atoms with Crippen LogP contribution in [0, 0.1) is 10.1 Å². The molecule has 0 aliphatic carbocycles. The third kappa shape index (κ3) is 3.33. The molecule has 104 valence electrons. The molecule has 0 atom stereocenters. The quantitative estimate of drug-likeness (QED) is 0.630. The number of carbonyl (C=O) groups is 1. The van der Waals surface area contributed by atoms with Crippen LogP contribution in [0.25, 0.3) is 0 Å². The van der Waals surface area contributed by atoms with Crippen molar-refractivity contribution in [3.05, 3.63) is 56.3 Å². The van der Waals surface area contributed by atoms with Crippen molar-refractivity contribution >= 4 is 28.7 Å². The van der Waals surface area contributed by atoms with Crippen molar-refractivity contribution in [1.82, 2.24) is 0 Å². The van der Waals surface area contributed by atoms with E-state index in [0.717, 1.165) is 6.42 Å². The molecule has 0 aliphatic rings. The van der Waals surface area contributed by atoms with E-state index >= 15 is 0 Å². The maximum atomic E-state index is 11.1. The Morgan fingerprint density at radius 1 is 1.40 bits per heavy atom. The van der Waals surface area contributed by atoms with Gasteiger partial charge in [-0.2, -0.15) is 0 Å². The Hall–Kier alpha value is -2.41. The van der Waals surface area contributed by atoms with Gasteiger partial charge in [0.05, 0.1) is 16.2 Å². The van der Waals surface area contributed by atoms with E-state index in [1.165, 1.54) is 23.1 Å². The van der Waals surface area contributed by atoms with Crippen molar-refractivity contribution in [2.75, 3.05) is 11.9 Å². The zero-order valence-corrected chi connectivity index (χ0v) is 11.2. The summed E-state index contributed by atoms with van der Waals surface area (Å²) in [6.45, 7) is 0.516. The summed E-state index contributed by atoms with van der Waals surface area (Å²) in [7, 11) is 0. The molecule has 0 fully saturated rings. The number of nitro benzene ring substituents is 1. The van der Waals surface area contributed by atoms with E-state index in [1.807, 2.05) is 17.5 Å². The van der Waals surface area contributed by atoms with Crippen molar-refractivity contribution in [2.45, 2.75) is 6.42 Å². The maximum Gasteiger partial charge on any atom is 0.337 e. The van der Waals surface area contributed by atoms with Gasteiger partial charge in [0.15, 0.2) is 0 Å². The highest BCUT2D eigenvalue weighted by Crippen LogP contribution is 2.23. The minimum atomic E-state index is -1.11. The molecule has 20 heavy (non-hydrogen) atoms. The van der Waals surface area contributed by atoms with E-state index in [1.54, 1.807) is 11.3 Å². The number of nitrogens with one attached hydrogen (secondary N) is 1. The topological polar surface area (TPSA) is 92.5 Å². The molecular weight excluding hydrogens is 280 g/mol. The second kappa shape index (κ2) is 6.16. The van der Waals surface area contributed by atoms with Crippen molar-refractivity contribution in [3.63, 3.8) is 0 Å². The summed E-state index contributed by atoms with van der Waals surface area (Å²) in [4.78, 5) is 22.4.